The summed E-state index contributed by atoms with van der Waals surface area (Å²) in [5, 5.41) is 0.601. The number of methoxy groups -OCH3 is 1. The van der Waals surface area contributed by atoms with E-state index < -0.39 is 18.0 Å². The van der Waals surface area contributed by atoms with Gasteiger partial charge in [0.05, 0.1) is 6.61 Å². The highest BCUT2D eigenvalue weighted by molar-refractivity contribution is 6.30. The Balaban J connectivity index is 2.02. The number of amides is 2. The van der Waals surface area contributed by atoms with E-state index in [1.807, 2.05) is 4.90 Å². The van der Waals surface area contributed by atoms with Crippen LogP contribution in [0.15, 0.2) is 24.3 Å². The maximum atomic E-state index is 12.2. The first-order valence-electron chi connectivity index (χ1n) is 7.76. The summed E-state index contributed by atoms with van der Waals surface area (Å²) in [6, 6.07) is 5.86. The minimum Gasteiger partial charge on any atom is -0.383 e. The van der Waals surface area contributed by atoms with E-state index in [1.165, 1.54) is 7.11 Å². The molecule has 0 aliphatic carbocycles. The maximum Gasteiger partial charge on any atom is 0.241 e. The van der Waals surface area contributed by atoms with Crippen molar-refractivity contribution in [2.45, 2.75) is 12.1 Å². The molecule has 0 radical (unpaired) electrons. The monoisotopic (exact) mass is 354 g/mol. The van der Waals surface area contributed by atoms with Gasteiger partial charge >= 0.3 is 0 Å². The molecule has 2 atom stereocenters. The molecule has 1 aromatic carbocycles. The van der Waals surface area contributed by atoms with Gasteiger partial charge in [-0.15, -0.1) is 0 Å². The van der Waals surface area contributed by atoms with E-state index in [1.54, 1.807) is 29.2 Å². The number of hydrogen-bond donors (Lipinski definition) is 2. The molecule has 1 heterocycles. The first-order chi connectivity index (χ1) is 11.4. The SMILES string of the molecule is COCC(N)C(=O)N1CCN(C(C(N)=O)c2ccc(Cl)cc2)CC1. The molecule has 0 aromatic heterocycles. The fourth-order valence-electron chi connectivity index (χ4n) is 2.89. The maximum absolute atomic E-state index is 12.2. The molecule has 132 valence electrons. The molecule has 1 fully saturated rings. The van der Waals surface area contributed by atoms with Crippen molar-refractivity contribution in [2.24, 2.45) is 11.5 Å². The lowest BCUT2D eigenvalue weighted by molar-refractivity contribution is -0.136. The number of carbonyl (C=O) groups excluding carboxylic acids is 2. The average molecular weight is 355 g/mol. The van der Waals surface area contributed by atoms with Crippen LogP contribution < -0.4 is 11.5 Å². The van der Waals surface area contributed by atoms with Gasteiger partial charge in [0.2, 0.25) is 11.8 Å². The second-order valence-corrected chi connectivity index (χ2v) is 6.22. The van der Waals surface area contributed by atoms with Crippen molar-refractivity contribution in [3.05, 3.63) is 34.9 Å². The van der Waals surface area contributed by atoms with Crippen molar-refractivity contribution in [1.82, 2.24) is 9.80 Å². The molecule has 0 saturated carbocycles. The Bertz CT molecular complexity index is 573. The average Bonchev–Trinajstić information content (AvgIpc) is 2.57. The highest BCUT2D eigenvalue weighted by Crippen LogP contribution is 2.23. The number of benzene rings is 1. The number of rotatable bonds is 6. The molecule has 1 saturated heterocycles. The van der Waals surface area contributed by atoms with E-state index in [2.05, 4.69) is 0 Å². The summed E-state index contributed by atoms with van der Waals surface area (Å²) >= 11 is 5.89. The number of primary amides is 1. The van der Waals surface area contributed by atoms with Gasteiger partial charge < -0.3 is 21.1 Å². The van der Waals surface area contributed by atoms with Gasteiger partial charge in [-0.25, -0.2) is 0 Å². The van der Waals surface area contributed by atoms with Gasteiger partial charge in [0.1, 0.15) is 12.1 Å². The molecule has 2 rings (SSSR count). The molecule has 1 aromatic rings. The van der Waals surface area contributed by atoms with Crippen LogP contribution in [-0.2, 0) is 14.3 Å². The minimum absolute atomic E-state index is 0.140. The molecular weight excluding hydrogens is 332 g/mol. The number of hydrogen-bond acceptors (Lipinski definition) is 5. The summed E-state index contributed by atoms with van der Waals surface area (Å²) in [6.07, 6.45) is 0. The number of nitrogens with zero attached hydrogens (tertiary/aromatic N) is 2. The van der Waals surface area contributed by atoms with Crippen molar-refractivity contribution < 1.29 is 14.3 Å². The van der Waals surface area contributed by atoms with Crippen LogP contribution in [0.3, 0.4) is 0 Å². The van der Waals surface area contributed by atoms with Crippen molar-refractivity contribution in [3.8, 4) is 0 Å². The van der Waals surface area contributed by atoms with Gasteiger partial charge in [0.15, 0.2) is 0 Å². The van der Waals surface area contributed by atoms with Crippen molar-refractivity contribution in [2.75, 3.05) is 39.9 Å². The van der Waals surface area contributed by atoms with Crippen molar-refractivity contribution >= 4 is 23.4 Å². The Labute approximate surface area is 146 Å². The summed E-state index contributed by atoms with van der Waals surface area (Å²) in [4.78, 5) is 27.8. The Kier molecular flexibility index (Phi) is 6.56. The van der Waals surface area contributed by atoms with E-state index in [4.69, 9.17) is 27.8 Å². The van der Waals surface area contributed by atoms with Crippen molar-refractivity contribution in [1.29, 1.82) is 0 Å². The van der Waals surface area contributed by atoms with E-state index in [9.17, 15) is 9.59 Å². The summed E-state index contributed by atoms with van der Waals surface area (Å²) in [5.41, 5.74) is 12.2. The standard InChI is InChI=1S/C16H23ClN4O3/c1-24-10-13(18)16(23)21-8-6-20(7-9-21)14(15(19)22)11-2-4-12(17)5-3-11/h2-5,13-14H,6-10,18H2,1H3,(H2,19,22). The normalized spacial score (nSPS) is 18.2. The molecule has 0 spiro atoms. The summed E-state index contributed by atoms with van der Waals surface area (Å²) in [7, 11) is 1.51. The second kappa shape index (κ2) is 8.43. The van der Waals surface area contributed by atoms with E-state index in [0.717, 1.165) is 5.56 Å². The fourth-order valence-corrected chi connectivity index (χ4v) is 3.01. The lowest BCUT2D eigenvalue weighted by atomic mass is 10.0. The van der Waals surface area contributed by atoms with Crippen molar-refractivity contribution in [3.63, 3.8) is 0 Å². The second-order valence-electron chi connectivity index (χ2n) is 5.78. The molecule has 0 bridgehead atoms. The predicted octanol–water partition coefficient (Wildman–Crippen LogP) is -0.0157. The van der Waals surface area contributed by atoms with Crippen LogP contribution in [0.1, 0.15) is 11.6 Å². The predicted molar refractivity (Wildman–Crippen MR) is 91.4 cm³/mol. The summed E-state index contributed by atoms with van der Waals surface area (Å²) in [6.45, 7) is 2.26. The van der Waals surface area contributed by atoms with E-state index in [0.29, 0.717) is 31.2 Å². The molecule has 2 unspecified atom stereocenters. The Morgan fingerprint density at radius 2 is 1.79 bits per heavy atom. The zero-order valence-corrected chi connectivity index (χ0v) is 14.4. The first-order valence-corrected chi connectivity index (χ1v) is 8.14. The van der Waals surface area contributed by atoms with Gasteiger partial charge in [-0.3, -0.25) is 14.5 Å². The molecule has 2 amide bonds. The number of nitrogens with two attached hydrogens (primary N) is 2. The highest BCUT2D eigenvalue weighted by atomic mass is 35.5. The third-order valence-electron chi connectivity index (χ3n) is 4.11. The van der Waals surface area contributed by atoms with Crippen LogP contribution >= 0.6 is 11.6 Å². The fraction of sp³-hybridized carbons (Fsp3) is 0.500. The van der Waals surface area contributed by atoms with Crippen LogP contribution in [0.4, 0.5) is 0 Å². The van der Waals surface area contributed by atoms with Gasteiger partial charge in [0, 0.05) is 38.3 Å². The molecular formula is C16H23ClN4O3. The Morgan fingerprint density at radius 1 is 1.21 bits per heavy atom. The first kappa shape index (κ1) is 18.7. The van der Waals surface area contributed by atoms with Gasteiger partial charge in [-0.05, 0) is 17.7 Å². The van der Waals surface area contributed by atoms with Crippen LogP contribution in [0, 0.1) is 0 Å². The van der Waals surface area contributed by atoms with Gasteiger partial charge in [-0.1, -0.05) is 23.7 Å². The molecule has 1 aliphatic rings. The highest BCUT2D eigenvalue weighted by Gasteiger charge is 2.31. The smallest absolute Gasteiger partial charge is 0.241 e. The minimum atomic E-state index is -0.662. The third kappa shape index (κ3) is 4.45. The Hall–Kier alpha value is -1.67. The third-order valence-corrected chi connectivity index (χ3v) is 4.36. The zero-order chi connectivity index (χ0) is 17.7. The number of piperazine rings is 1. The molecule has 7 nitrogen and oxygen atoms in total. The summed E-state index contributed by atoms with van der Waals surface area (Å²) < 4.78 is 4.92. The quantitative estimate of drug-likeness (QED) is 0.747. The van der Waals surface area contributed by atoms with Crippen LogP contribution in [0.25, 0.3) is 0 Å². The molecule has 8 heteroatoms. The lowest BCUT2D eigenvalue weighted by Gasteiger charge is -2.39. The lowest BCUT2D eigenvalue weighted by Crippen LogP contribution is -2.55. The topological polar surface area (TPSA) is 102 Å². The number of ether oxygens (including phenoxy) is 1. The summed E-state index contributed by atoms with van der Waals surface area (Å²) in [5.74, 6) is -0.563. The number of carbonyl (C=O) groups is 2. The number of halogens is 1. The largest absolute Gasteiger partial charge is 0.383 e. The van der Waals surface area contributed by atoms with Crippen LogP contribution in [0.2, 0.25) is 5.02 Å². The zero-order valence-electron chi connectivity index (χ0n) is 13.7. The van der Waals surface area contributed by atoms with E-state index >= 15 is 0 Å². The van der Waals surface area contributed by atoms with E-state index in [-0.39, 0.29) is 12.5 Å². The Morgan fingerprint density at radius 3 is 2.29 bits per heavy atom. The molecule has 24 heavy (non-hydrogen) atoms. The molecule has 1 aliphatic heterocycles. The van der Waals surface area contributed by atoms with Crippen LogP contribution in [-0.4, -0.2) is 67.6 Å². The van der Waals surface area contributed by atoms with Gasteiger partial charge in [-0.2, -0.15) is 0 Å². The molecule has 4 N–H and O–H groups in total. The van der Waals surface area contributed by atoms with Gasteiger partial charge in [0.25, 0.3) is 0 Å². The van der Waals surface area contributed by atoms with Crippen LogP contribution in [0.5, 0.6) is 0 Å².